The summed E-state index contributed by atoms with van der Waals surface area (Å²) >= 11 is 0. The number of hydrogen-bond donors (Lipinski definition) is 2. The minimum atomic E-state index is -0.138. The Balaban J connectivity index is 1.87. The lowest BCUT2D eigenvalue weighted by atomic mass is 10.0. The topological polar surface area (TPSA) is 50.4 Å². The van der Waals surface area contributed by atoms with Gasteiger partial charge in [0.25, 0.3) is 5.91 Å². The summed E-state index contributed by atoms with van der Waals surface area (Å²) < 4.78 is 5.17. The van der Waals surface area contributed by atoms with E-state index in [0.717, 1.165) is 18.5 Å². The summed E-state index contributed by atoms with van der Waals surface area (Å²) in [6, 6.07) is 7.18. The van der Waals surface area contributed by atoms with E-state index in [-0.39, 0.29) is 5.91 Å². The third-order valence-corrected chi connectivity index (χ3v) is 4.46. The summed E-state index contributed by atoms with van der Waals surface area (Å²) in [7, 11) is 1.60. The van der Waals surface area contributed by atoms with Crippen LogP contribution in [0.3, 0.4) is 0 Å². The lowest BCUT2D eigenvalue weighted by Gasteiger charge is -2.14. The molecule has 0 aromatic heterocycles. The van der Waals surface area contributed by atoms with Gasteiger partial charge < -0.3 is 10.2 Å². The molecule has 0 saturated heterocycles. The zero-order chi connectivity index (χ0) is 17.0. The predicted molar refractivity (Wildman–Crippen MR) is 97.8 cm³/mol. The number of allylic oxidation sites excluding steroid dienone is 2. The second-order valence-corrected chi connectivity index (χ2v) is 6.41. The van der Waals surface area contributed by atoms with Gasteiger partial charge in [-0.2, -0.15) is 0 Å². The number of nitrogens with one attached hydrogen (secondary N) is 2. The first-order valence-corrected chi connectivity index (χ1v) is 9.19. The van der Waals surface area contributed by atoms with E-state index in [4.69, 9.17) is 4.74 Å². The Hall–Kier alpha value is -1.97. The molecule has 0 fully saturated rings. The fraction of sp³-hybridized carbons (Fsp3) is 0.550. The quantitative estimate of drug-likeness (QED) is 0.785. The Morgan fingerprint density at radius 1 is 1.00 bits per heavy atom. The number of methoxy groups -OCH3 is 1. The number of carbonyl (C=O) groups excluding carboxylic acids is 1. The van der Waals surface area contributed by atoms with Gasteiger partial charge >= 0.3 is 0 Å². The number of ether oxygens (including phenoxy) is 1. The lowest BCUT2D eigenvalue weighted by molar-refractivity contribution is 0.0938. The van der Waals surface area contributed by atoms with Crippen LogP contribution in [0.5, 0.6) is 5.75 Å². The molecule has 2 N–H and O–H groups in total. The van der Waals surface area contributed by atoms with Crippen molar-refractivity contribution >= 4 is 5.91 Å². The molecular formula is C20H30N2O2. The highest BCUT2D eigenvalue weighted by molar-refractivity contribution is 5.94. The summed E-state index contributed by atoms with van der Waals surface area (Å²) in [6.07, 6.45) is 14.7. The Kier molecular flexibility index (Phi) is 8.22. The van der Waals surface area contributed by atoms with Gasteiger partial charge in [0.15, 0.2) is 0 Å². The van der Waals surface area contributed by atoms with E-state index in [0.29, 0.717) is 11.3 Å². The number of benzene rings is 1. The van der Waals surface area contributed by atoms with E-state index in [1.54, 1.807) is 19.2 Å². The molecule has 0 unspecified atom stereocenters. The molecule has 1 aromatic carbocycles. The summed E-state index contributed by atoms with van der Waals surface area (Å²) in [5.41, 5.74) is 7.67. The highest BCUT2D eigenvalue weighted by Crippen LogP contribution is 2.16. The van der Waals surface area contributed by atoms with Crippen molar-refractivity contribution in [1.29, 1.82) is 0 Å². The highest BCUT2D eigenvalue weighted by Gasteiger charge is 2.07. The summed E-state index contributed by atoms with van der Waals surface area (Å²) in [4.78, 5) is 12.3. The summed E-state index contributed by atoms with van der Waals surface area (Å²) in [5.74, 6) is 0.550. The first-order valence-electron chi connectivity index (χ1n) is 9.19. The minimum absolute atomic E-state index is 0.138. The van der Waals surface area contributed by atoms with Crippen LogP contribution in [0.2, 0.25) is 0 Å². The van der Waals surface area contributed by atoms with Crippen LogP contribution >= 0.6 is 0 Å². The molecule has 132 valence electrons. The van der Waals surface area contributed by atoms with Crippen LogP contribution in [-0.4, -0.2) is 13.0 Å². The molecular weight excluding hydrogens is 300 g/mol. The normalized spacial score (nSPS) is 19.1. The molecule has 1 aliphatic rings. The van der Waals surface area contributed by atoms with Gasteiger partial charge in [0.05, 0.1) is 7.11 Å². The van der Waals surface area contributed by atoms with Crippen LogP contribution in [0.25, 0.3) is 0 Å². The van der Waals surface area contributed by atoms with Crippen molar-refractivity contribution in [2.24, 2.45) is 0 Å². The fourth-order valence-electron chi connectivity index (χ4n) is 2.99. The Morgan fingerprint density at radius 2 is 1.71 bits per heavy atom. The standard InChI is InChI=1S/C20H30N2O2/c1-24-19-15-11-12-17(16-19)20(23)22-21-18-13-9-7-5-3-2-4-6-8-10-14-18/h11-13,15-16,21H,2-10,14H2,1H3,(H,22,23)/b18-13+. The van der Waals surface area contributed by atoms with Gasteiger partial charge in [-0.05, 0) is 43.9 Å². The van der Waals surface area contributed by atoms with E-state index >= 15 is 0 Å². The van der Waals surface area contributed by atoms with Crippen LogP contribution < -0.4 is 15.6 Å². The van der Waals surface area contributed by atoms with Crippen molar-refractivity contribution in [3.8, 4) is 5.75 Å². The maximum Gasteiger partial charge on any atom is 0.269 e. The highest BCUT2D eigenvalue weighted by atomic mass is 16.5. The van der Waals surface area contributed by atoms with Gasteiger partial charge in [-0.15, -0.1) is 0 Å². The van der Waals surface area contributed by atoms with Gasteiger partial charge in [-0.25, -0.2) is 0 Å². The number of hydrogen-bond acceptors (Lipinski definition) is 3. The fourth-order valence-corrected chi connectivity index (χ4v) is 2.99. The first kappa shape index (κ1) is 18.4. The Morgan fingerprint density at radius 3 is 2.46 bits per heavy atom. The molecule has 4 nitrogen and oxygen atoms in total. The molecule has 0 atom stereocenters. The van der Waals surface area contributed by atoms with E-state index in [2.05, 4.69) is 16.9 Å². The average molecular weight is 330 g/mol. The second kappa shape index (κ2) is 10.7. The zero-order valence-corrected chi connectivity index (χ0v) is 14.8. The number of amides is 1. The van der Waals surface area contributed by atoms with Gasteiger partial charge in [0, 0.05) is 11.3 Å². The van der Waals surface area contributed by atoms with E-state index in [9.17, 15) is 4.79 Å². The Labute approximate surface area is 145 Å². The van der Waals surface area contributed by atoms with Crippen molar-refractivity contribution in [2.75, 3.05) is 7.11 Å². The number of rotatable bonds is 4. The van der Waals surface area contributed by atoms with Crippen molar-refractivity contribution < 1.29 is 9.53 Å². The average Bonchev–Trinajstić information content (AvgIpc) is 2.61. The molecule has 0 heterocycles. The van der Waals surface area contributed by atoms with Crippen LogP contribution in [0.15, 0.2) is 36.0 Å². The van der Waals surface area contributed by atoms with Gasteiger partial charge in [0.1, 0.15) is 5.75 Å². The first-order chi connectivity index (χ1) is 11.8. The molecule has 1 aliphatic carbocycles. The third kappa shape index (κ3) is 6.65. The van der Waals surface area contributed by atoms with Crippen LogP contribution in [0.1, 0.15) is 74.6 Å². The summed E-state index contributed by atoms with van der Waals surface area (Å²) in [6.45, 7) is 0. The van der Waals surface area contributed by atoms with E-state index in [1.165, 1.54) is 51.4 Å². The molecule has 24 heavy (non-hydrogen) atoms. The second-order valence-electron chi connectivity index (χ2n) is 6.41. The molecule has 1 amide bonds. The monoisotopic (exact) mass is 330 g/mol. The van der Waals surface area contributed by atoms with Crippen molar-refractivity contribution in [3.05, 3.63) is 41.6 Å². The zero-order valence-electron chi connectivity index (χ0n) is 14.8. The lowest BCUT2D eigenvalue weighted by Crippen LogP contribution is -2.36. The maximum atomic E-state index is 12.3. The molecule has 0 saturated carbocycles. The van der Waals surface area contributed by atoms with E-state index < -0.39 is 0 Å². The molecule has 0 bridgehead atoms. The molecule has 0 radical (unpaired) electrons. The van der Waals surface area contributed by atoms with Gasteiger partial charge in [0.2, 0.25) is 0 Å². The van der Waals surface area contributed by atoms with Gasteiger partial charge in [-0.1, -0.05) is 50.7 Å². The maximum absolute atomic E-state index is 12.3. The van der Waals surface area contributed by atoms with Crippen molar-refractivity contribution in [2.45, 2.75) is 64.2 Å². The van der Waals surface area contributed by atoms with Gasteiger partial charge in [-0.3, -0.25) is 10.2 Å². The van der Waals surface area contributed by atoms with Crippen LogP contribution in [-0.2, 0) is 0 Å². The van der Waals surface area contributed by atoms with Crippen molar-refractivity contribution in [1.82, 2.24) is 10.9 Å². The minimum Gasteiger partial charge on any atom is -0.497 e. The predicted octanol–water partition coefficient (Wildman–Crippen LogP) is 4.73. The molecule has 0 aliphatic heterocycles. The smallest absolute Gasteiger partial charge is 0.269 e. The van der Waals surface area contributed by atoms with Crippen LogP contribution in [0.4, 0.5) is 0 Å². The Bertz CT molecular complexity index is 540. The SMILES string of the molecule is COc1cccc(C(=O)NN/C2=C/CCCCCCCCCC2)c1. The van der Waals surface area contributed by atoms with Crippen LogP contribution in [0, 0.1) is 0 Å². The molecule has 1 aromatic rings. The molecule has 0 spiro atoms. The summed E-state index contributed by atoms with van der Waals surface area (Å²) in [5, 5.41) is 0. The molecule has 2 rings (SSSR count). The number of carbonyl (C=O) groups is 1. The van der Waals surface area contributed by atoms with Crippen molar-refractivity contribution in [3.63, 3.8) is 0 Å². The molecule has 4 heteroatoms. The third-order valence-electron chi connectivity index (χ3n) is 4.46. The number of hydrazine groups is 1. The van der Waals surface area contributed by atoms with E-state index in [1.807, 2.05) is 12.1 Å². The largest absolute Gasteiger partial charge is 0.497 e.